The number of sulfonamides is 1. The molecule has 0 saturated carbocycles. The fourth-order valence-corrected chi connectivity index (χ4v) is 6.07. The van der Waals surface area contributed by atoms with Gasteiger partial charge in [-0.2, -0.15) is 4.31 Å². The summed E-state index contributed by atoms with van der Waals surface area (Å²) in [6.07, 6.45) is 0.556. The number of carbonyl (C=O) groups is 1. The molecular weight excluding hydrogens is 434 g/mol. The number of amides is 1. The number of hydrogen-bond donors (Lipinski definition) is 1. The van der Waals surface area contributed by atoms with Crippen molar-refractivity contribution in [1.82, 2.24) is 9.62 Å². The summed E-state index contributed by atoms with van der Waals surface area (Å²) in [4.78, 5) is 13.5. The number of nitrogens with zero attached hydrogens (tertiary/aromatic N) is 1. The Bertz CT molecular complexity index is 1070. The molecule has 30 heavy (non-hydrogen) atoms. The molecule has 4 rings (SSSR count). The predicted octanol–water partition coefficient (Wildman–Crippen LogP) is 2.95. The van der Waals surface area contributed by atoms with Crippen LogP contribution in [0.15, 0.2) is 46.2 Å². The summed E-state index contributed by atoms with van der Waals surface area (Å²) in [5.41, 5.74) is 0.276. The van der Waals surface area contributed by atoms with Gasteiger partial charge in [-0.3, -0.25) is 4.79 Å². The summed E-state index contributed by atoms with van der Waals surface area (Å²) in [6.45, 7) is 0.958. The summed E-state index contributed by atoms with van der Waals surface area (Å²) in [5.74, 6) is -1.26. The highest BCUT2D eigenvalue weighted by Crippen LogP contribution is 2.36. The second-order valence-corrected chi connectivity index (χ2v) is 10.1. The molecule has 2 aromatic rings. The lowest BCUT2D eigenvalue weighted by Crippen LogP contribution is -2.40. The molecule has 2 aliphatic heterocycles. The van der Waals surface area contributed by atoms with Crippen LogP contribution in [-0.2, 0) is 14.8 Å². The number of ether oxygens (including phenoxy) is 1. The number of morpholine rings is 1. The Morgan fingerprint density at radius 1 is 1.13 bits per heavy atom. The number of thioether (sulfide) groups is 1. The minimum absolute atomic E-state index is 0.151. The van der Waals surface area contributed by atoms with Crippen molar-refractivity contribution in [2.75, 3.05) is 32.1 Å². The van der Waals surface area contributed by atoms with Crippen LogP contribution in [0.4, 0.5) is 8.78 Å². The molecule has 1 atom stereocenters. The van der Waals surface area contributed by atoms with E-state index in [1.807, 2.05) is 0 Å². The highest BCUT2D eigenvalue weighted by molar-refractivity contribution is 7.99. The molecule has 6 nitrogen and oxygen atoms in total. The predicted molar refractivity (Wildman–Crippen MR) is 108 cm³/mol. The Kier molecular flexibility index (Phi) is 6.10. The number of nitrogens with one attached hydrogen (secondary N) is 1. The average Bonchev–Trinajstić information content (AvgIpc) is 2.75. The molecular formula is C20H20F2N2O4S2. The third-order valence-corrected chi connectivity index (χ3v) is 8.12. The molecule has 0 unspecified atom stereocenters. The lowest BCUT2D eigenvalue weighted by atomic mass is 10.0. The van der Waals surface area contributed by atoms with Crippen LogP contribution in [0.2, 0.25) is 0 Å². The van der Waals surface area contributed by atoms with Crippen molar-refractivity contribution >= 4 is 27.7 Å². The van der Waals surface area contributed by atoms with Crippen molar-refractivity contribution in [3.63, 3.8) is 0 Å². The molecule has 1 N–H and O–H groups in total. The monoisotopic (exact) mass is 454 g/mol. The molecule has 1 amide bonds. The van der Waals surface area contributed by atoms with E-state index in [4.69, 9.17) is 4.74 Å². The first-order valence-electron chi connectivity index (χ1n) is 9.47. The Hall–Kier alpha value is -2.01. The van der Waals surface area contributed by atoms with Crippen LogP contribution in [0.1, 0.15) is 28.4 Å². The van der Waals surface area contributed by atoms with E-state index in [2.05, 4.69) is 5.32 Å². The van der Waals surface area contributed by atoms with Crippen LogP contribution >= 0.6 is 11.8 Å². The smallest absolute Gasteiger partial charge is 0.254 e. The minimum Gasteiger partial charge on any atom is -0.379 e. The standard InChI is InChI=1S/C20H20F2N2O4S2/c21-13-1-4-19-16(11-13)18(5-10-29-19)23-20(25)15-12-14(2-3-17(15)22)30(26,27)24-6-8-28-9-7-24/h1-4,11-12,18H,5-10H2,(H,23,25)/t18-/m0/s1. The maximum atomic E-state index is 14.4. The zero-order valence-corrected chi connectivity index (χ0v) is 17.6. The van der Waals surface area contributed by atoms with Crippen LogP contribution < -0.4 is 5.32 Å². The third-order valence-electron chi connectivity index (χ3n) is 5.11. The molecule has 2 aliphatic rings. The van der Waals surface area contributed by atoms with Gasteiger partial charge in [0.25, 0.3) is 5.91 Å². The van der Waals surface area contributed by atoms with Gasteiger partial charge in [0.1, 0.15) is 11.6 Å². The van der Waals surface area contributed by atoms with Crippen molar-refractivity contribution in [2.24, 2.45) is 0 Å². The van der Waals surface area contributed by atoms with Gasteiger partial charge >= 0.3 is 0 Å². The highest BCUT2D eigenvalue weighted by atomic mass is 32.2. The van der Waals surface area contributed by atoms with Crippen molar-refractivity contribution in [3.05, 3.63) is 59.2 Å². The zero-order chi connectivity index (χ0) is 21.3. The van der Waals surface area contributed by atoms with E-state index in [1.165, 1.54) is 16.4 Å². The van der Waals surface area contributed by atoms with Gasteiger partial charge < -0.3 is 10.1 Å². The second kappa shape index (κ2) is 8.62. The summed E-state index contributed by atoms with van der Waals surface area (Å²) in [7, 11) is -3.87. The molecule has 2 aromatic carbocycles. The van der Waals surface area contributed by atoms with Crippen molar-refractivity contribution in [1.29, 1.82) is 0 Å². The molecule has 1 fully saturated rings. The lowest BCUT2D eigenvalue weighted by molar-refractivity contribution is 0.0730. The minimum atomic E-state index is -3.87. The fourth-order valence-electron chi connectivity index (χ4n) is 3.53. The highest BCUT2D eigenvalue weighted by Gasteiger charge is 2.29. The van der Waals surface area contributed by atoms with Crippen LogP contribution in [0.3, 0.4) is 0 Å². The average molecular weight is 455 g/mol. The molecule has 160 valence electrons. The summed E-state index contributed by atoms with van der Waals surface area (Å²) >= 11 is 1.56. The van der Waals surface area contributed by atoms with Gasteiger partial charge in [-0.05, 0) is 48.4 Å². The van der Waals surface area contributed by atoms with Gasteiger partial charge in [-0.15, -0.1) is 11.8 Å². The van der Waals surface area contributed by atoms with Crippen molar-refractivity contribution < 1.29 is 26.7 Å². The zero-order valence-electron chi connectivity index (χ0n) is 15.9. The van der Waals surface area contributed by atoms with Gasteiger partial charge in [-0.1, -0.05) is 0 Å². The second-order valence-electron chi connectivity index (χ2n) is 7.00. The molecule has 10 heteroatoms. The quantitative estimate of drug-likeness (QED) is 0.769. The summed E-state index contributed by atoms with van der Waals surface area (Å²) in [5, 5.41) is 2.73. The third kappa shape index (κ3) is 4.22. The van der Waals surface area contributed by atoms with E-state index in [-0.39, 0.29) is 36.8 Å². The van der Waals surface area contributed by atoms with Gasteiger partial charge in [0.05, 0.1) is 29.7 Å². The lowest BCUT2D eigenvalue weighted by Gasteiger charge is -2.27. The fraction of sp³-hybridized carbons (Fsp3) is 0.350. The Morgan fingerprint density at radius 2 is 1.90 bits per heavy atom. The number of fused-ring (bicyclic) bond motifs is 1. The summed E-state index contributed by atoms with van der Waals surface area (Å²) < 4.78 is 60.2. The van der Waals surface area contributed by atoms with Crippen LogP contribution in [0.25, 0.3) is 0 Å². The number of rotatable bonds is 4. The van der Waals surface area contributed by atoms with E-state index in [1.54, 1.807) is 17.8 Å². The normalized spacial score (nSPS) is 19.9. The number of benzene rings is 2. The first-order chi connectivity index (χ1) is 14.4. The molecule has 0 aromatic heterocycles. The summed E-state index contributed by atoms with van der Waals surface area (Å²) in [6, 6.07) is 7.08. The van der Waals surface area contributed by atoms with E-state index < -0.39 is 33.6 Å². The number of carbonyl (C=O) groups excluding carboxylic acids is 1. The van der Waals surface area contributed by atoms with Gasteiger partial charge in [0, 0.05) is 23.7 Å². The Labute approximate surface area is 177 Å². The van der Waals surface area contributed by atoms with Crippen molar-refractivity contribution in [2.45, 2.75) is 22.3 Å². The molecule has 2 heterocycles. The number of hydrogen-bond acceptors (Lipinski definition) is 5. The maximum Gasteiger partial charge on any atom is 0.254 e. The van der Waals surface area contributed by atoms with Crippen LogP contribution in [0, 0.1) is 11.6 Å². The largest absolute Gasteiger partial charge is 0.379 e. The van der Waals surface area contributed by atoms with Gasteiger partial charge in [-0.25, -0.2) is 17.2 Å². The molecule has 0 bridgehead atoms. The SMILES string of the molecule is O=C(N[C@H]1CCSc2ccc(F)cc21)c1cc(S(=O)(=O)N2CCOCC2)ccc1F. The molecule has 0 radical (unpaired) electrons. The van der Waals surface area contributed by atoms with Crippen molar-refractivity contribution in [3.8, 4) is 0 Å². The van der Waals surface area contributed by atoms with Gasteiger partial charge in [0.2, 0.25) is 10.0 Å². The first-order valence-corrected chi connectivity index (χ1v) is 11.9. The first kappa shape index (κ1) is 21.2. The van der Waals surface area contributed by atoms with Gasteiger partial charge in [0.15, 0.2) is 0 Å². The maximum absolute atomic E-state index is 14.4. The van der Waals surface area contributed by atoms with E-state index >= 15 is 0 Å². The Balaban J connectivity index is 1.60. The van der Waals surface area contributed by atoms with Crippen LogP contribution in [0.5, 0.6) is 0 Å². The topological polar surface area (TPSA) is 75.7 Å². The molecule has 1 saturated heterocycles. The van der Waals surface area contributed by atoms with E-state index in [0.29, 0.717) is 12.0 Å². The molecule has 0 spiro atoms. The molecule has 0 aliphatic carbocycles. The van der Waals surface area contributed by atoms with Crippen LogP contribution in [-0.4, -0.2) is 50.7 Å². The van der Waals surface area contributed by atoms with E-state index in [9.17, 15) is 22.0 Å². The Morgan fingerprint density at radius 3 is 2.67 bits per heavy atom. The number of halogens is 2. The van der Waals surface area contributed by atoms with E-state index in [0.717, 1.165) is 28.8 Å².